The number of rotatable bonds is 5. The van der Waals surface area contributed by atoms with Gasteiger partial charge in [-0.25, -0.2) is 0 Å². The Morgan fingerprint density at radius 2 is 2.15 bits per heavy atom. The number of fused-ring (bicyclic) bond motifs is 3. The van der Waals surface area contributed by atoms with Crippen molar-refractivity contribution in [1.29, 1.82) is 0 Å². The van der Waals surface area contributed by atoms with E-state index in [-0.39, 0.29) is 6.61 Å². The average molecular weight is 384 g/mol. The number of aliphatic hydroxyl groups is 1. The molecule has 2 aromatic heterocycles. The summed E-state index contributed by atoms with van der Waals surface area (Å²) < 4.78 is 0. The maximum atomic E-state index is 9.28. The van der Waals surface area contributed by atoms with Crippen LogP contribution in [0.5, 0.6) is 0 Å². The van der Waals surface area contributed by atoms with E-state index >= 15 is 0 Å². The van der Waals surface area contributed by atoms with Gasteiger partial charge in [0.2, 0.25) is 0 Å². The van der Waals surface area contributed by atoms with Crippen LogP contribution in [0.3, 0.4) is 0 Å². The monoisotopic (exact) mass is 383 g/mol. The second-order valence-electron chi connectivity index (χ2n) is 7.48. The minimum atomic E-state index is 0.0580. The topological polar surface area (TPSA) is 52.2 Å². The van der Waals surface area contributed by atoms with Crippen LogP contribution in [0.25, 0.3) is 10.9 Å². The zero-order valence-electron chi connectivity index (χ0n) is 15.9. The zero-order valence-corrected chi connectivity index (χ0v) is 16.7. The predicted octanol–water partition coefficient (Wildman–Crippen LogP) is 4.57. The molecule has 1 aromatic carbocycles. The van der Waals surface area contributed by atoms with E-state index in [0.717, 1.165) is 54.3 Å². The van der Waals surface area contributed by atoms with Crippen molar-refractivity contribution in [3.8, 4) is 0 Å². The van der Waals surface area contributed by atoms with Crippen LogP contribution in [-0.4, -0.2) is 33.1 Å². The van der Waals surface area contributed by atoms with E-state index in [1.54, 1.807) is 0 Å². The van der Waals surface area contributed by atoms with Gasteiger partial charge < -0.3 is 10.1 Å². The summed E-state index contributed by atoms with van der Waals surface area (Å²) in [6.45, 7) is 6.43. The predicted molar refractivity (Wildman–Crippen MR) is 110 cm³/mol. The summed E-state index contributed by atoms with van der Waals surface area (Å²) in [6.07, 6.45) is 3.10. The Kier molecular flexibility index (Phi) is 5.22. The summed E-state index contributed by atoms with van der Waals surface area (Å²) in [4.78, 5) is 10.8. The van der Waals surface area contributed by atoms with Crippen molar-refractivity contribution in [2.45, 2.75) is 45.8 Å². The number of pyridine rings is 1. The Labute approximate surface area is 165 Å². The summed E-state index contributed by atoms with van der Waals surface area (Å²) in [7, 11) is 0. The molecule has 1 atom stereocenters. The number of benzene rings is 1. The van der Waals surface area contributed by atoms with Crippen LogP contribution in [0.4, 0.5) is 0 Å². The van der Waals surface area contributed by atoms with E-state index in [4.69, 9.17) is 11.6 Å². The SMILES string of the molecule is Cc1nc(CCCN2CCc3c([nH]c4ccc(Cl)cc34)C2C)ccc1CO. The first-order valence-electron chi connectivity index (χ1n) is 9.67. The van der Waals surface area contributed by atoms with E-state index in [2.05, 4.69) is 33.9 Å². The van der Waals surface area contributed by atoms with Gasteiger partial charge >= 0.3 is 0 Å². The van der Waals surface area contributed by atoms with Crippen molar-refractivity contribution >= 4 is 22.5 Å². The van der Waals surface area contributed by atoms with Crippen LogP contribution in [0.1, 0.15) is 47.6 Å². The fraction of sp³-hybridized carbons (Fsp3) is 0.409. The molecule has 5 heteroatoms. The zero-order chi connectivity index (χ0) is 19.0. The lowest BCUT2D eigenvalue weighted by Gasteiger charge is -2.33. The highest BCUT2D eigenvalue weighted by molar-refractivity contribution is 6.31. The fourth-order valence-electron chi connectivity index (χ4n) is 4.22. The molecule has 1 unspecified atom stereocenters. The summed E-state index contributed by atoms with van der Waals surface area (Å²) in [5.74, 6) is 0. The van der Waals surface area contributed by atoms with E-state index < -0.39 is 0 Å². The normalized spacial score (nSPS) is 17.4. The molecule has 2 N–H and O–H groups in total. The Morgan fingerprint density at radius 1 is 1.30 bits per heavy atom. The molecule has 4 rings (SSSR count). The molecular formula is C22H26ClN3O. The summed E-state index contributed by atoms with van der Waals surface area (Å²) in [5.41, 5.74) is 6.89. The van der Waals surface area contributed by atoms with Gasteiger partial charge in [-0.1, -0.05) is 17.7 Å². The van der Waals surface area contributed by atoms with Gasteiger partial charge in [0, 0.05) is 45.6 Å². The second kappa shape index (κ2) is 7.63. The smallest absolute Gasteiger partial charge is 0.0699 e. The van der Waals surface area contributed by atoms with Gasteiger partial charge in [-0.05, 0) is 75.0 Å². The van der Waals surface area contributed by atoms with Crippen molar-refractivity contribution in [2.24, 2.45) is 0 Å². The van der Waals surface area contributed by atoms with Crippen molar-refractivity contribution in [3.05, 3.63) is 63.6 Å². The van der Waals surface area contributed by atoms with E-state index in [0.29, 0.717) is 6.04 Å². The van der Waals surface area contributed by atoms with Crippen LogP contribution >= 0.6 is 11.6 Å². The molecule has 0 radical (unpaired) electrons. The number of aryl methyl sites for hydroxylation is 2. The standard InChI is InChI=1S/C22H26ClN3O/c1-14-16(13-27)5-7-18(24-14)4-3-10-26-11-9-19-20-12-17(23)6-8-21(20)25-22(19)15(26)2/h5-8,12,15,25,27H,3-4,9-11,13H2,1-2H3. The quantitative estimate of drug-likeness (QED) is 0.678. The van der Waals surface area contributed by atoms with Gasteiger partial charge in [0.15, 0.2) is 0 Å². The first-order valence-corrected chi connectivity index (χ1v) is 10.0. The Morgan fingerprint density at radius 3 is 2.93 bits per heavy atom. The number of nitrogens with zero attached hydrogens (tertiary/aromatic N) is 2. The van der Waals surface area contributed by atoms with Gasteiger partial charge in [-0.15, -0.1) is 0 Å². The third-order valence-corrected chi connectivity index (χ3v) is 6.05. The number of aliphatic hydroxyl groups excluding tert-OH is 1. The molecule has 27 heavy (non-hydrogen) atoms. The molecule has 142 valence electrons. The summed E-state index contributed by atoms with van der Waals surface area (Å²) in [6, 6.07) is 10.5. The van der Waals surface area contributed by atoms with Gasteiger partial charge in [0.25, 0.3) is 0 Å². The van der Waals surface area contributed by atoms with Gasteiger partial charge in [-0.2, -0.15) is 0 Å². The molecule has 0 saturated heterocycles. The average Bonchev–Trinajstić information content (AvgIpc) is 3.02. The second-order valence-corrected chi connectivity index (χ2v) is 7.91. The maximum Gasteiger partial charge on any atom is 0.0699 e. The summed E-state index contributed by atoms with van der Waals surface area (Å²) >= 11 is 6.20. The number of aromatic amines is 1. The summed E-state index contributed by atoms with van der Waals surface area (Å²) in [5, 5.41) is 11.3. The molecule has 1 aliphatic heterocycles. The lowest BCUT2D eigenvalue weighted by molar-refractivity contribution is 0.193. The Bertz CT molecular complexity index is 966. The molecule has 0 amide bonds. The molecule has 0 aliphatic carbocycles. The number of hydrogen-bond acceptors (Lipinski definition) is 3. The number of H-pyrrole nitrogens is 1. The highest BCUT2D eigenvalue weighted by atomic mass is 35.5. The van der Waals surface area contributed by atoms with Crippen LogP contribution in [0.15, 0.2) is 30.3 Å². The number of nitrogens with one attached hydrogen (secondary N) is 1. The number of aromatic nitrogens is 2. The molecule has 1 aliphatic rings. The van der Waals surface area contributed by atoms with Crippen molar-refractivity contribution in [1.82, 2.24) is 14.9 Å². The van der Waals surface area contributed by atoms with Crippen LogP contribution in [0, 0.1) is 6.92 Å². The van der Waals surface area contributed by atoms with Gasteiger partial charge in [-0.3, -0.25) is 9.88 Å². The molecule has 0 fully saturated rings. The van der Waals surface area contributed by atoms with Gasteiger partial charge in [0.1, 0.15) is 0 Å². The van der Waals surface area contributed by atoms with Crippen molar-refractivity contribution in [3.63, 3.8) is 0 Å². The first kappa shape index (κ1) is 18.5. The fourth-order valence-corrected chi connectivity index (χ4v) is 4.39. The third-order valence-electron chi connectivity index (χ3n) is 5.82. The number of halogens is 1. The lowest BCUT2D eigenvalue weighted by Crippen LogP contribution is -2.34. The number of hydrogen-bond donors (Lipinski definition) is 2. The van der Waals surface area contributed by atoms with E-state index in [1.807, 2.05) is 25.1 Å². The van der Waals surface area contributed by atoms with Crippen LogP contribution in [0.2, 0.25) is 5.02 Å². The van der Waals surface area contributed by atoms with Crippen molar-refractivity contribution in [2.75, 3.05) is 13.1 Å². The Hall–Kier alpha value is -1.88. The first-order chi connectivity index (χ1) is 13.1. The minimum absolute atomic E-state index is 0.0580. The van der Waals surface area contributed by atoms with Crippen molar-refractivity contribution < 1.29 is 5.11 Å². The van der Waals surface area contributed by atoms with Crippen LogP contribution < -0.4 is 0 Å². The van der Waals surface area contributed by atoms with E-state index in [9.17, 15) is 5.11 Å². The van der Waals surface area contributed by atoms with Crippen LogP contribution in [-0.2, 0) is 19.4 Å². The maximum absolute atomic E-state index is 9.28. The van der Waals surface area contributed by atoms with Gasteiger partial charge in [0.05, 0.1) is 6.61 Å². The Balaban J connectivity index is 1.42. The molecular weight excluding hydrogens is 358 g/mol. The molecule has 4 nitrogen and oxygen atoms in total. The highest BCUT2D eigenvalue weighted by Gasteiger charge is 2.26. The largest absolute Gasteiger partial charge is 0.392 e. The molecule has 3 heterocycles. The highest BCUT2D eigenvalue weighted by Crippen LogP contribution is 2.35. The molecule has 0 saturated carbocycles. The third kappa shape index (κ3) is 3.62. The molecule has 3 aromatic rings. The van der Waals surface area contributed by atoms with E-state index in [1.165, 1.54) is 22.2 Å². The minimum Gasteiger partial charge on any atom is -0.392 e. The lowest BCUT2D eigenvalue weighted by atomic mass is 9.98. The molecule has 0 bridgehead atoms. The molecule has 0 spiro atoms.